The van der Waals surface area contributed by atoms with Crippen molar-refractivity contribution in [3.63, 3.8) is 0 Å². The maximum atomic E-state index is 12.6. The molecule has 0 atom stereocenters. The number of hydrogen-bond donors (Lipinski definition) is 1. The summed E-state index contributed by atoms with van der Waals surface area (Å²) in [7, 11) is 1.15. The number of aromatic nitrogens is 1. The van der Waals surface area contributed by atoms with Crippen molar-refractivity contribution >= 4 is 27.6 Å². The van der Waals surface area contributed by atoms with Crippen LogP contribution in [-0.4, -0.2) is 18.1 Å². The Kier molecular flexibility index (Phi) is 4.17. The van der Waals surface area contributed by atoms with E-state index in [1.165, 1.54) is 6.07 Å². The monoisotopic (exact) mass is 294 g/mol. The Bertz CT molecular complexity index is 413. The molecule has 1 heterocycles. The highest BCUT2D eigenvalue weighted by Gasteiger charge is 2.21. The predicted octanol–water partition coefficient (Wildman–Crippen LogP) is 2.28. The minimum Gasteiger partial charge on any atom is -0.465 e. The summed E-state index contributed by atoms with van der Waals surface area (Å²) in [5.41, 5.74) is 4.69. The van der Waals surface area contributed by atoms with Gasteiger partial charge in [-0.2, -0.15) is 0 Å². The van der Waals surface area contributed by atoms with Crippen molar-refractivity contribution in [3.8, 4) is 0 Å². The maximum Gasteiger partial charge on any atom is 0.340 e. The fourth-order valence-electron chi connectivity index (χ4n) is 1.14. The van der Waals surface area contributed by atoms with Gasteiger partial charge < -0.3 is 10.5 Å². The fourth-order valence-corrected chi connectivity index (χ4v) is 1.43. The topological polar surface area (TPSA) is 65.2 Å². The van der Waals surface area contributed by atoms with Gasteiger partial charge in [0.05, 0.1) is 24.1 Å². The number of hydrogen-bond acceptors (Lipinski definition) is 4. The van der Waals surface area contributed by atoms with Gasteiger partial charge in [0.1, 0.15) is 5.69 Å². The normalized spacial score (nSPS) is 10.6. The molecule has 1 rings (SSSR count). The van der Waals surface area contributed by atoms with E-state index in [1.807, 2.05) is 0 Å². The number of rotatable bonds is 3. The summed E-state index contributed by atoms with van der Waals surface area (Å²) < 4.78 is 29.6. The zero-order valence-electron chi connectivity index (χ0n) is 8.34. The van der Waals surface area contributed by atoms with Crippen LogP contribution in [0.2, 0.25) is 0 Å². The molecular formula is C9H9BrF2N2O2. The summed E-state index contributed by atoms with van der Waals surface area (Å²) in [6.07, 6.45) is -2.83. The highest BCUT2D eigenvalue weighted by Crippen LogP contribution is 2.27. The molecular weight excluding hydrogens is 286 g/mol. The first-order valence-corrected chi connectivity index (χ1v) is 5.35. The van der Waals surface area contributed by atoms with Gasteiger partial charge in [-0.1, -0.05) is 15.9 Å². The third kappa shape index (κ3) is 2.46. The molecule has 2 N–H and O–H groups in total. The molecule has 0 bridgehead atoms. The van der Waals surface area contributed by atoms with Crippen LogP contribution in [0.25, 0.3) is 0 Å². The summed E-state index contributed by atoms with van der Waals surface area (Å²) >= 11 is 3.07. The number of pyridine rings is 1. The number of anilines is 1. The average Bonchev–Trinajstić information content (AvgIpc) is 2.28. The Morgan fingerprint density at radius 1 is 1.69 bits per heavy atom. The molecule has 0 saturated carbocycles. The molecule has 0 spiro atoms. The molecule has 0 saturated heterocycles. The van der Waals surface area contributed by atoms with Crippen molar-refractivity contribution in [1.82, 2.24) is 4.98 Å². The quantitative estimate of drug-likeness (QED) is 0.686. The standard InChI is InChI=1S/C9H9BrF2N2O2/c1-16-9(15)5-2-4(3-10)14-7(6(5)13)8(11)12/h2,8H,3,13H2,1H3. The van der Waals surface area contributed by atoms with Crippen LogP contribution in [0, 0.1) is 0 Å². The molecule has 0 aliphatic heterocycles. The van der Waals surface area contributed by atoms with E-state index in [-0.39, 0.29) is 16.6 Å². The molecule has 0 aromatic carbocycles. The van der Waals surface area contributed by atoms with E-state index >= 15 is 0 Å². The molecule has 0 fully saturated rings. The van der Waals surface area contributed by atoms with Crippen molar-refractivity contribution in [2.24, 2.45) is 0 Å². The minimum atomic E-state index is -2.83. The molecule has 0 aliphatic rings. The van der Waals surface area contributed by atoms with Gasteiger partial charge in [-0.3, -0.25) is 0 Å². The molecule has 1 aromatic heterocycles. The van der Waals surface area contributed by atoms with Crippen LogP contribution in [-0.2, 0) is 10.1 Å². The number of nitrogens with two attached hydrogens (primary N) is 1. The van der Waals surface area contributed by atoms with Gasteiger partial charge in [0.15, 0.2) is 0 Å². The number of nitrogens with zero attached hydrogens (tertiary/aromatic N) is 1. The summed E-state index contributed by atoms with van der Waals surface area (Å²) in [4.78, 5) is 14.9. The van der Waals surface area contributed by atoms with Gasteiger partial charge in [0.2, 0.25) is 0 Å². The van der Waals surface area contributed by atoms with Crippen LogP contribution in [0.4, 0.5) is 14.5 Å². The molecule has 0 aliphatic carbocycles. The van der Waals surface area contributed by atoms with E-state index in [0.29, 0.717) is 5.69 Å². The first-order chi connectivity index (χ1) is 7.51. The number of esters is 1. The lowest BCUT2D eigenvalue weighted by molar-refractivity contribution is 0.0601. The third-order valence-electron chi connectivity index (χ3n) is 1.89. The second-order valence-corrected chi connectivity index (χ2v) is 3.45. The van der Waals surface area contributed by atoms with Crippen LogP contribution in [0.1, 0.15) is 28.2 Å². The van der Waals surface area contributed by atoms with E-state index in [9.17, 15) is 13.6 Å². The molecule has 0 unspecified atom stereocenters. The average molecular weight is 295 g/mol. The molecule has 1 aromatic rings. The Hall–Kier alpha value is -1.24. The van der Waals surface area contributed by atoms with Gasteiger partial charge in [-0.25, -0.2) is 18.6 Å². The molecule has 4 nitrogen and oxygen atoms in total. The Balaban J connectivity index is 3.37. The molecule has 7 heteroatoms. The number of nitrogen functional groups attached to an aromatic ring is 1. The Labute approximate surface area is 98.9 Å². The number of alkyl halides is 3. The van der Waals surface area contributed by atoms with Crippen LogP contribution >= 0.6 is 15.9 Å². The number of halogens is 3. The number of carbonyl (C=O) groups excluding carboxylic acids is 1. The fraction of sp³-hybridized carbons (Fsp3) is 0.333. The highest BCUT2D eigenvalue weighted by molar-refractivity contribution is 9.08. The van der Waals surface area contributed by atoms with Crippen LogP contribution in [0.3, 0.4) is 0 Å². The molecule has 88 valence electrons. The summed E-state index contributed by atoms with van der Waals surface area (Å²) in [6.45, 7) is 0. The van der Waals surface area contributed by atoms with Crippen LogP contribution in [0.5, 0.6) is 0 Å². The second kappa shape index (κ2) is 5.20. The third-order valence-corrected chi connectivity index (χ3v) is 2.46. The lowest BCUT2D eigenvalue weighted by Gasteiger charge is -2.10. The van der Waals surface area contributed by atoms with Gasteiger partial charge in [-0.15, -0.1) is 0 Å². The first kappa shape index (κ1) is 12.8. The summed E-state index contributed by atoms with van der Waals surface area (Å²) in [5.74, 6) is -0.760. The van der Waals surface area contributed by atoms with E-state index in [0.717, 1.165) is 7.11 Å². The van der Waals surface area contributed by atoms with Crippen LogP contribution in [0.15, 0.2) is 6.07 Å². The van der Waals surface area contributed by atoms with Gasteiger partial charge in [-0.05, 0) is 6.07 Å². The van der Waals surface area contributed by atoms with Crippen molar-refractivity contribution < 1.29 is 18.3 Å². The molecule has 0 amide bonds. The maximum absolute atomic E-state index is 12.6. The lowest BCUT2D eigenvalue weighted by atomic mass is 10.1. The smallest absolute Gasteiger partial charge is 0.340 e. The van der Waals surface area contributed by atoms with Gasteiger partial charge in [0, 0.05) is 5.33 Å². The van der Waals surface area contributed by atoms with E-state index < -0.39 is 18.1 Å². The van der Waals surface area contributed by atoms with E-state index in [4.69, 9.17) is 5.73 Å². The van der Waals surface area contributed by atoms with Crippen LogP contribution < -0.4 is 5.73 Å². The predicted molar refractivity (Wildman–Crippen MR) is 57.6 cm³/mol. The number of ether oxygens (including phenoxy) is 1. The minimum absolute atomic E-state index is 0.0951. The van der Waals surface area contributed by atoms with Crippen molar-refractivity contribution in [2.75, 3.05) is 12.8 Å². The van der Waals surface area contributed by atoms with Crippen molar-refractivity contribution in [1.29, 1.82) is 0 Å². The Morgan fingerprint density at radius 2 is 2.31 bits per heavy atom. The van der Waals surface area contributed by atoms with Gasteiger partial charge >= 0.3 is 5.97 Å². The number of methoxy groups -OCH3 is 1. The second-order valence-electron chi connectivity index (χ2n) is 2.89. The lowest BCUT2D eigenvalue weighted by Crippen LogP contribution is -2.11. The molecule has 0 radical (unpaired) electrons. The SMILES string of the molecule is COC(=O)c1cc(CBr)nc(C(F)F)c1N. The highest BCUT2D eigenvalue weighted by atomic mass is 79.9. The Morgan fingerprint density at radius 3 is 2.75 bits per heavy atom. The zero-order valence-corrected chi connectivity index (χ0v) is 9.92. The van der Waals surface area contributed by atoms with E-state index in [2.05, 4.69) is 25.7 Å². The largest absolute Gasteiger partial charge is 0.465 e. The van der Waals surface area contributed by atoms with Crippen molar-refractivity contribution in [3.05, 3.63) is 23.0 Å². The number of carbonyl (C=O) groups is 1. The summed E-state index contributed by atoms with van der Waals surface area (Å²) in [6, 6.07) is 1.32. The zero-order chi connectivity index (χ0) is 12.3. The van der Waals surface area contributed by atoms with E-state index in [1.54, 1.807) is 0 Å². The first-order valence-electron chi connectivity index (χ1n) is 4.23. The molecule has 16 heavy (non-hydrogen) atoms. The summed E-state index contributed by atoms with van der Waals surface area (Å²) in [5, 5.41) is 0.247. The van der Waals surface area contributed by atoms with Crippen molar-refractivity contribution in [2.45, 2.75) is 11.8 Å². The van der Waals surface area contributed by atoms with Gasteiger partial charge in [0.25, 0.3) is 6.43 Å².